The summed E-state index contributed by atoms with van der Waals surface area (Å²) in [6.45, 7) is 3.01. The second-order valence-electron chi connectivity index (χ2n) is 5.16. The first kappa shape index (κ1) is 15.6. The van der Waals surface area contributed by atoms with Crippen LogP contribution in [0.4, 0.5) is 0 Å². The predicted molar refractivity (Wildman–Crippen MR) is 85.1 cm³/mol. The third kappa shape index (κ3) is 2.40. The van der Waals surface area contributed by atoms with Crippen molar-refractivity contribution in [2.45, 2.75) is 26.4 Å². The fourth-order valence-corrected chi connectivity index (χ4v) is 2.94. The summed E-state index contributed by atoms with van der Waals surface area (Å²) in [7, 11) is 3.03. The van der Waals surface area contributed by atoms with E-state index in [2.05, 4.69) is 36.4 Å². The molecule has 0 N–H and O–H groups in total. The van der Waals surface area contributed by atoms with Gasteiger partial charge in [0, 0.05) is 20.6 Å². The molecule has 122 valence electrons. The fraction of sp³-hybridized carbons (Fsp3) is 0.500. The highest BCUT2D eigenvalue weighted by molar-refractivity contribution is 9.10. The first-order chi connectivity index (χ1) is 11.0. The van der Waals surface area contributed by atoms with E-state index in [9.17, 15) is 9.59 Å². The zero-order valence-electron chi connectivity index (χ0n) is 12.9. The van der Waals surface area contributed by atoms with E-state index in [1.54, 1.807) is 16.3 Å². The summed E-state index contributed by atoms with van der Waals surface area (Å²) in [6, 6.07) is 0. The maximum atomic E-state index is 12.2. The standard InChI is InChI=1S/C12H15BrN8O2/c1-4-5-21-7(15-16-17-21)6-20-9-8(14-11(20)13)10(22)19(3)12(23)18(9)2/h4-6H2,1-3H3. The maximum Gasteiger partial charge on any atom is 0.332 e. The minimum atomic E-state index is -0.435. The van der Waals surface area contributed by atoms with Gasteiger partial charge in [-0.2, -0.15) is 0 Å². The summed E-state index contributed by atoms with van der Waals surface area (Å²) < 4.78 is 6.26. The first-order valence-corrected chi connectivity index (χ1v) is 7.81. The first-order valence-electron chi connectivity index (χ1n) is 7.02. The lowest BCUT2D eigenvalue weighted by Crippen LogP contribution is -2.37. The van der Waals surface area contributed by atoms with Crippen LogP contribution in [-0.4, -0.2) is 38.9 Å². The van der Waals surface area contributed by atoms with Crippen molar-refractivity contribution >= 4 is 27.1 Å². The Hall–Kier alpha value is -2.30. The smallest absolute Gasteiger partial charge is 0.297 e. The number of rotatable bonds is 4. The van der Waals surface area contributed by atoms with Crippen LogP contribution < -0.4 is 11.2 Å². The Morgan fingerprint density at radius 3 is 2.61 bits per heavy atom. The number of aryl methyl sites for hydroxylation is 2. The van der Waals surface area contributed by atoms with Crippen LogP contribution in [0.25, 0.3) is 11.2 Å². The van der Waals surface area contributed by atoms with E-state index in [1.165, 1.54) is 11.6 Å². The van der Waals surface area contributed by atoms with E-state index in [-0.39, 0.29) is 5.52 Å². The molecule has 3 heterocycles. The molecule has 0 amide bonds. The fourth-order valence-electron chi connectivity index (χ4n) is 2.47. The van der Waals surface area contributed by atoms with Crippen LogP contribution in [0.15, 0.2) is 14.3 Å². The average molecular weight is 383 g/mol. The Bertz CT molecular complexity index is 995. The Balaban J connectivity index is 2.22. The van der Waals surface area contributed by atoms with Gasteiger partial charge in [0.2, 0.25) is 0 Å². The van der Waals surface area contributed by atoms with Gasteiger partial charge in [0.15, 0.2) is 21.7 Å². The van der Waals surface area contributed by atoms with Crippen LogP contribution in [0.5, 0.6) is 0 Å². The van der Waals surface area contributed by atoms with Gasteiger partial charge in [-0.1, -0.05) is 6.92 Å². The number of hydrogen-bond acceptors (Lipinski definition) is 6. The molecular formula is C12H15BrN8O2. The van der Waals surface area contributed by atoms with Crippen molar-refractivity contribution in [2.24, 2.45) is 14.1 Å². The second kappa shape index (κ2) is 5.72. The molecule has 0 spiro atoms. The molecule has 0 aliphatic rings. The van der Waals surface area contributed by atoms with Crippen molar-refractivity contribution in [2.75, 3.05) is 0 Å². The SMILES string of the molecule is CCCn1nnnc1Cn1c(Br)nc2c(=O)n(C)c(=O)n(C)c21. The zero-order valence-corrected chi connectivity index (χ0v) is 14.5. The number of halogens is 1. The predicted octanol–water partition coefficient (Wildman–Crippen LogP) is -0.359. The van der Waals surface area contributed by atoms with Crippen molar-refractivity contribution in [3.63, 3.8) is 0 Å². The van der Waals surface area contributed by atoms with Gasteiger partial charge < -0.3 is 0 Å². The third-order valence-electron chi connectivity index (χ3n) is 3.63. The quantitative estimate of drug-likeness (QED) is 0.570. The van der Waals surface area contributed by atoms with Crippen molar-refractivity contribution in [1.29, 1.82) is 0 Å². The van der Waals surface area contributed by atoms with Gasteiger partial charge in [-0.3, -0.25) is 18.5 Å². The Morgan fingerprint density at radius 1 is 1.17 bits per heavy atom. The lowest BCUT2D eigenvalue weighted by molar-refractivity contribution is 0.542. The number of nitrogens with zero attached hydrogens (tertiary/aromatic N) is 8. The van der Waals surface area contributed by atoms with Crippen molar-refractivity contribution in [3.8, 4) is 0 Å². The minimum Gasteiger partial charge on any atom is -0.297 e. The Kier molecular flexibility index (Phi) is 3.88. The van der Waals surface area contributed by atoms with Gasteiger partial charge in [0.1, 0.15) is 0 Å². The molecule has 3 rings (SSSR count). The zero-order chi connectivity index (χ0) is 16.7. The molecule has 3 aromatic rings. The van der Waals surface area contributed by atoms with E-state index in [4.69, 9.17) is 0 Å². The van der Waals surface area contributed by atoms with Gasteiger partial charge in [-0.05, 0) is 32.8 Å². The molecule has 0 atom stereocenters. The molecule has 11 heteroatoms. The highest BCUT2D eigenvalue weighted by Gasteiger charge is 2.19. The van der Waals surface area contributed by atoms with E-state index in [0.29, 0.717) is 29.3 Å². The van der Waals surface area contributed by atoms with Gasteiger partial charge in [0.05, 0.1) is 6.54 Å². The summed E-state index contributed by atoms with van der Waals surface area (Å²) in [4.78, 5) is 28.6. The average Bonchev–Trinajstić information content (AvgIpc) is 3.09. The summed E-state index contributed by atoms with van der Waals surface area (Å²) in [5, 5.41) is 11.6. The molecule has 0 aromatic carbocycles. The molecule has 0 bridgehead atoms. The lowest BCUT2D eigenvalue weighted by Gasteiger charge is -2.09. The van der Waals surface area contributed by atoms with Crippen LogP contribution in [0.2, 0.25) is 0 Å². The van der Waals surface area contributed by atoms with E-state index < -0.39 is 11.2 Å². The summed E-state index contributed by atoms with van der Waals surface area (Å²) in [5.74, 6) is 0.625. The molecule has 10 nitrogen and oxygen atoms in total. The minimum absolute atomic E-state index is 0.219. The molecular weight excluding hydrogens is 368 g/mol. The van der Waals surface area contributed by atoms with Crippen LogP contribution in [0, 0.1) is 0 Å². The van der Waals surface area contributed by atoms with Crippen molar-refractivity contribution < 1.29 is 0 Å². The van der Waals surface area contributed by atoms with Crippen LogP contribution in [0.1, 0.15) is 19.2 Å². The number of imidazole rings is 1. The largest absolute Gasteiger partial charge is 0.332 e. The topological polar surface area (TPSA) is 105 Å². The molecule has 3 aromatic heterocycles. The maximum absolute atomic E-state index is 12.2. The molecule has 0 fully saturated rings. The molecule has 0 saturated carbocycles. The van der Waals surface area contributed by atoms with Crippen LogP contribution in [0.3, 0.4) is 0 Å². The summed E-state index contributed by atoms with van der Waals surface area (Å²) in [5.41, 5.74) is -0.202. The normalized spacial score (nSPS) is 11.5. The van der Waals surface area contributed by atoms with Crippen molar-refractivity contribution in [3.05, 3.63) is 31.4 Å². The molecule has 0 aliphatic heterocycles. The highest BCUT2D eigenvalue weighted by atomic mass is 79.9. The van der Waals surface area contributed by atoms with Gasteiger partial charge in [-0.15, -0.1) is 5.10 Å². The molecule has 0 radical (unpaired) electrons. The Labute approximate surface area is 138 Å². The second-order valence-corrected chi connectivity index (χ2v) is 5.87. The molecule has 23 heavy (non-hydrogen) atoms. The lowest BCUT2D eigenvalue weighted by atomic mass is 10.4. The summed E-state index contributed by atoms with van der Waals surface area (Å²) in [6.07, 6.45) is 0.892. The highest BCUT2D eigenvalue weighted by Crippen LogP contribution is 2.17. The van der Waals surface area contributed by atoms with Gasteiger partial charge in [-0.25, -0.2) is 14.5 Å². The number of hydrogen-bond donors (Lipinski definition) is 0. The third-order valence-corrected chi connectivity index (χ3v) is 4.24. The molecule has 0 unspecified atom stereocenters. The monoisotopic (exact) mass is 382 g/mol. The van der Waals surface area contributed by atoms with E-state index >= 15 is 0 Å². The number of tetrazole rings is 1. The molecule has 0 aliphatic carbocycles. The number of fused-ring (bicyclic) bond motifs is 1. The van der Waals surface area contributed by atoms with E-state index in [1.807, 2.05) is 6.92 Å². The number of aromatic nitrogens is 8. The van der Waals surface area contributed by atoms with Crippen LogP contribution >= 0.6 is 15.9 Å². The van der Waals surface area contributed by atoms with E-state index in [0.717, 1.165) is 11.0 Å². The van der Waals surface area contributed by atoms with Gasteiger partial charge >= 0.3 is 5.69 Å². The van der Waals surface area contributed by atoms with Crippen LogP contribution in [-0.2, 0) is 27.2 Å². The Morgan fingerprint density at radius 2 is 1.91 bits per heavy atom. The van der Waals surface area contributed by atoms with Gasteiger partial charge in [0.25, 0.3) is 5.56 Å². The molecule has 0 saturated heterocycles. The van der Waals surface area contributed by atoms with Crippen molar-refractivity contribution in [1.82, 2.24) is 38.9 Å². The summed E-state index contributed by atoms with van der Waals surface area (Å²) >= 11 is 3.35.